The summed E-state index contributed by atoms with van der Waals surface area (Å²) in [7, 11) is 2.02. The standard InChI is InChI=1S/C22H24FN5/c1-17-16-21(26(2)19-6-4-3-5-7-19)25-22(24-17)28-14-12-27(13-15-28)20-10-8-18(23)9-11-20/h3-11,16H,12-15H2,1-2H3. The summed E-state index contributed by atoms with van der Waals surface area (Å²) in [5.74, 6) is 1.44. The van der Waals surface area contributed by atoms with Gasteiger partial charge in [-0.1, -0.05) is 18.2 Å². The predicted octanol–water partition coefficient (Wildman–Crippen LogP) is 4.02. The fourth-order valence-electron chi connectivity index (χ4n) is 3.45. The van der Waals surface area contributed by atoms with Gasteiger partial charge in [0.2, 0.25) is 5.95 Å². The topological polar surface area (TPSA) is 35.5 Å². The van der Waals surface area contributed by atoms with E-state index in [9.17, 15) is 4.39 Å². The Labute approximate surface area is 165 Å². The van der Waals surface area contributed by atoms with E-state index >= 15 is 0 Å². The van der Waals surface area contributed by atoms with Gasteiger partial charge >= 0.3 is 0 Å². The number of rotatable bonds is 4. The zero-order valence-corrected chi connectivity index (χ0v) is 16.2. The van der Waals surface area contributed by atoms with Crippen LogP contribution >= 0.6 is 0 Å². The van der Waals surface area contributed by atoms with Crippen LogP contribution in [0.5, 0.6) is 0 Å². The molecule has 1 aliphatic heterocycles. The first-order chi connectivity index (χ1) is 13.6. The Hall–Kier alpha value is -3.15. The van der Waals surface area contributed by atoms with E-state index in [-0.39, 0.29) is 5.82 Å². The van der Waals surface area contributed by atoms with Crippen LogP contribution in [0.25, 0.3) is 0 Å². The van der Waals surface area contributed by atoms with E-state index in [1.807, 2.05) is 50.4 Å². The Balaban J connectivity index is 1.49. The summed E-state index contributed by atoms with van der Waals surface area (Å²) < 4.78 is 13.2. The number of para-hydroxylation sites is 1. The monoisotopic (exact) mass is 377 g/mol. The van der Waals surface area contributed by atoms with Crippen molar-refractivity contribution in [2.75, 3.05) is 47.9 Å². The molecule has 1 fully saturated rings. The summed E-state index contributed by atoms with van der Waals surface area (Å²) in [4.78, 5) is 16.0. The summed E-state index contributed by atoms with van der Waals surface area (Å²) in [6, 6.07) is 18.9. The van der Waals surface area contributed by atoms with E-state index in [1.165, 1.54) is 12.1 Å². The van der Waals surface area contributed by atoms with E-state index in [1.54, 1.807) is 0 Å². The summed E-state index contributed by atoms with van der Waals surface area (Å²) >= 11 is 0. The van der Waals surface area contributed by atoms with Gasteiger partial charge in [0, 0.05) is 56.4 Å². The van der Waals surface area contributed by atoms with E-state index in [0.29, 0.717) is 0 Å². The molecule has 3 aromatic rings. The highest BCUT2D eigenvalue weighted by Crippen LogP contribution is 2.25. The Morgan fingerprint density at radius 3 is 2.18 bits per heavy atom. The van der Waals surface area contributed by atoms with Crippen LogP contribution in [0.4, 0.5) is 27.5 Å². The lowest BCUT2D eigenvalue weighted by Crippen LogP contribution is -2.47. The number of nitrogens with zero attached hydrogens (tertiary/aromatic N) is 5. The van der Waals surface area contributed by atoms with Crippen molar-refractivity contribution in [1.29, 1.82) is 0 Å². The molecule has 4 rings (SSSR count). The van der Waals surface area contributed by atoms with Gasteiger partial charge in [0.15, 0.2) is 0 Å². The number of hydrogen-bond donors (Lipinski definition) is 0. The number of piperazine rings is 1. The van der Waals surface area contributed by atoms with Crippen molar-refractivity contribution in [3.05, 3.63) is 72.2 Å². The quantitative estimate of drug-likeness (QED) is 0.686. The van der Waals surface area contributed by atoms with Gasteiger partial charge in [-0.3, -0.25) is 0 Å². The molecule has 0 bridgehead atoms. The van der Waals surface area contributed by atoms with Gasteiger partial charge in [-0.2, -0.15) is 4.98 Å². The molecular weight excluding hydrogens is 353 g/mol. The Bertz CT molecular complexity index is 921. The van der Waals surface area contributed by atoms with E-state index in [4.69, 9.17) is 4.98 Å². The molecule has 2 aromatic carbocycles. The first-order valence-electron chi connectivity index (χ1n) is 9.50. The Morgan fingerprint density at radius 1 is 0.857 bits per heavy atom. The highest BCUT2D eigenvalue weighted by molar-refractivity contribution is 5.60. The predicted molar refractivity (Wildman–Crippen MR) is 112 cm³/mol. The second-order valence-electron chi connectivity index (χ2n) is 7.01. The van der Waals surface area contributed by atoms with Crippen LogP contribution in [0.3, 0.4) is 0 Å². The van der Waals surface area contributed by atoms with E-state index < -0.39 is 0 Å². The van der Waals surface area contributed by atoms with Crippen LogP contribution in [-0.2, 0) is 0 Å². The maximum atomic E-state index is 13.2. The normalized spacial score (nSPS) is 14.2. The maximum Gasteiger partial charge on any atom is 0.227 e. The zero-order chi connectivity index (χ0) is 19.5. The summed E-state index contributed by atoms with van der Waals surface area (Å²) in [6.45, 7) is 5.37. The zero-order valence-electron chi connectivity index (χ0n) is 16.2. The van der Waals surface area contributed by atoms with Gasteiger partial charge in [-0.05, 0) is 43.3 Å². The number of anilines is 4. The molecule has 1 aromatic heterocycles. The third-order valence-electron chi connectivity index (χ3n) is 5.07. The lowest BCUT2D eigenvalue weighted by molar-refractivity contribution is 0.623. The lowest BCUT2D eigenvalue weighted by Gasteiger charge is -2.36. The van der Waals surface area contributed by atoms with Crippen LogP contribution in [0, 0.1) is 12.7 Å². The molecule has 2 heterocycles. The van der Waals surface area contributed by atoms with Gasteiger partial charge in [-0.15, -0.1) is 0 Å². The molecule has 6 heteroatoms. The molecule has 0 radical (unpaired) electrons. The smallest absolute Gasteiger partial charge is 0.227 e. The summed E-state index contributed by atoms with van der Waals surface area (Å²) in [6.07, 6.45) is 0. The maximum absolute atomic E-state index is 13.2. The highest BCUT2D eigenvalue weighted by atomic mass is 19.1. The van der Waals surface area contributed by atoms with Crippen molar-refractivity contribution in [1.82, 2.24) is 9.97 Å². The number of hydrogen-bond acceptors (Lipinski definition) is 5. The second kappa shape index (κ2) is 7.84. The third kappa shape index (κ3) is 3.91. The first-order valence-corrected chi connectivity index (χ1v) is 9.50. The molecule has 5 nitrogen and oxygen atoms in total. The molecule has 0 aliphatic carbocycles. The minimum atomic E-state index is -0.203. The van der Waals surface area contributed by atoms with E-state index in [2.05, 4.69) is 31.8 Å². The second-order valence-corrected chi connectivity index (χ2v) is 7.01. The minimum Gasteiger partial charge on any atom is -0.368 e. The van der Waals surface area contributed by atoms with Gasteiger partial charge in [0.1, 0.15) is 11.6 Å². The van der Waals surface area contributed by atoms with Crippen molar-refractivity contribution < 1.29 is 4.39 Å². The molecule has 0 unspecified atom stereocenters. The highest BCUT2D eigenvalue weighted by Gasteiger charge is 2.20. The SMILES string of the molecule is Cc1cc(N(C)c2ccccc2)nc(N2CCN(c3ccc(F)cc3)CC2)n1. The van der Waals surface area contributed by atoms with Gasteiger partial charge < -0.3 is 14.7 Å². The Morgan fingerprint density at radius 2 is 1.50 bits per heavy atom. The van der Waals surface area contributed by atoms with Crippen molar-refractivity contribution in [2.24, 2.45) is 0 Å². The summed E-state index contributed by atoms with van der Waals surface area (Å²) in [5.41, 5.74) is 3.09. The molecule has 0 amide bonds. The van der Waals surface area contributed by atoms with Crippen molar-refractivity contribution in [3.63, 3.8) is 0 Å². The molecule has 144 valence electrons. The number of halogens is 1. The van der Waals surface area contributed by atoms with E-state index in [0.717, 1.165) is 55.0 Å². The summed E-state index contributed by atoms with van der Waals surface area (Å²) in [5, 5.41) is 0. The molecule has 0 saturated carbocycles. The fraction of sp³-hybridized carbons (Fsp3) is 0.273. The first kappa shape index (κ1) is 18.2. The van der Waals surface area contributed by atoms with Crippen molar-refractivity contribution >= 4 is 23.1 Å². The van der Waals surface area contributed by atoms with Crippen LogP contribution in [0.1, 0.15) is 5.69 Å². The minimum absolute atomic E-state index is 0.203. The van der Waals surface area contributed by atoms with Crippen LogP contribution < -0.4 is 14.7 Å². The van der Waals surface area contributed by atoms with Gasteiger partial charge in [0.25, 0.3) is 0 Å². The number of aryl methyl sites for hydroxylation is 1. The average Bonchev–Trinajstić information content (AvgIpc) is 2.74. The largest absolute Gasteiger partial charge is 0.368 e. The van der Waals surface area contributed by atoms with Crippen molar-refractivity contribution in [3.8, 4) is 0 Å². The molecule has 28 heavy (non-hydrogen) atoms. The molecule has 0 N–H and O–H groups in total. The number of benzene rings is 2. The van der Waals surface area contributed by atoms with Crippen LogP contribution in [0.2, 0.25) is 0 Å². The number of aromatic nitrogens is 2. The molecule has 1 saturated heterocycles. The lowest BCUT2D eigenvalue weighted by atomic mass is 10.2. The van der Waals surface area contributed by atoms with Crippen LogP contribution in [-0.4, -0.2) is 43.2 Å². The Kier molecular flexibility index (Phi) is 5.10. The van der Waals surface area contributed by atoms with Gasteiger partial charge in [-0.25, -0.2) is 9.37 Å². The molecule has 0 atom stereocenters. The fourth-order valence-corrected chi connectivity index (χ4v) is 3.45. The van der Waals surface area contributed by atoms with Crippen molar-refractivity contribution in [2.45, 2.75) is 6.92 Å². The molecular formula is C22H24FN5. The molecule has 0 spiro atoms. The van der Waals surface area contributed by atoms with Crippen LogP contribution in [0.15, 0.2) is 60.7 Å². The third-order valence-corrected chi connectivity index (χ3v) is 5.07. The molecule has 1 aliphatic rings. The average molecular weight is 377 g/mol. The van der Waals surface area contributed by atoms with Gasteiger partial charge in [0.05, 0.1) is 0 Å².